The summed E-state index contributed by atoms with van der Waals surface area (Å²) in [6, 6.07) is 3.24. The zero-order chi connectivity index (χ0) is 12.1. The summed E-state index contributed by atoms with van der Waals surface area (Å²) in [6.45, 7) is 2.37. The van der Waals surface area contributed by atoms with Crippen LogP contribution in [0.2, 0.25) is 0 Å². The van der Waals surface area contributed by atoms with Crippen LogP contribution in [0.5, 0.6) is 0 Å². The highest BCUT2D eigenvalue weighted by molar-refractivity contribution is 5.91. The van der Waals surface area contributed by atoms with Gasteiger partial charge in [0, 0.05) is 18.0 Å². The molecule has 0 radical (unpaired) electrons. The molecule has 1 aliphatic rings. The molecule has 0 unspecified atom stereocenters. The van der Waals surface area contributed by atoms with Crippen molar-refractivity contribution in [3.63, 3.8) is 0 Å². The highest BCUT2D eigenvalue weighted by atomic mass is 16.5. The lowest BCUT2D eigenvalue weighted by Crippen LogP contribution is -2.40. The number of amides is 1. The lowest BCUT2D eigenvalue weighted by Gasteiger charge is -2.25. The van der Waals surface area contributed by atoms with Crippen molar-refractivity contribution in [1.29, 1.82) is 0 Å². The minimum absolute atomic E-state index is 0.118. The van der Waals surface area contributed by atoms with Crippen LogP contribution in [0.1, 0.15) is 16.3 Å². The van der Waals surface area contributed by atoms with E-state index < -0.39 is 0 Å². The van der Waals surface area contributed by atoms with E-state index in [1.165, 1.54) is 0 Å². The van der Waals surface area contributed by atoms with Crippen molar-refractivity contribution in [2.75, 3.05) is 26.3 Å². The van der Waals surface area contributed by atoms with Gasteiger partial charge >= 0.3 is 0 Å². The molecule has 0 N–H and O–H groups in total. The SMILES string of the molecule is [N-]=[N+]=NCc1ccc(C(=O)N2CCOCC2)o1. The van der Waals surface area contributed by atoms with Crippen LogP contribution in [0.3, 0.4) is 0 Å². The molecular weight excluding hydrogens is 224 g/mol. The summed E-state index contributed by atoms with van der Waals surface area (Å²) in [5, 5.41) is 3.37. The van der Waals surface area contributed by atoms with E-state index in [9.17, 15) is 4.79 Å². The van der Waals surface area contributed by atoms with E-state index in [0.29, 0.717) is 32.1 Å². The number of carbonyl (C=O) groups excluding carboxylic acids is 1. The van der Waals surface area contributed by atoms with E-state index in [1.807, 2.05) is 0 Å². The molecule has 17 heavy (non-hydrogen) atoms. The van der Waals surface area contributed by atoms with Crippen LogP contribution < -0.4 is 0 Å². The third kappa shape index (κ3) is 2.77. The molecule has 0 spiro atoms. The number of carbonyl (C=O) groups is 1. The van der Waals surface area contributed by atoms with Gasteiger partial charge in [-0.1, -0.05) is 5.11 Å². The van der Waals surface area contributed by atoms with Crippen LogP contribution >= 0.6 is 0 Å². The smallest absolute Gasteiger partial charge is 0.289 e. The van der Waals surface area contributed by atoms with Crippen molar-refractivity contribution >= 4 is 5.91 Å². The van der Waals surface area contributed by atoms with E-state index in [1.54, 1.807) is 17.0 Å². The van der Waals surface area contributed by atoms with Gasteiger partial charge in [-0.3, -0.25) is 4.79 Å². The minimum Gasteiger partial charge on any atom is -0.456 e. The van der Waals surface area contributed by atoms with Crippen molar-refractivity contribution in [3.8, 4) is 0 Å². The normalized spacial score (nSPS) is 15.4. The predicted molar refractivity (Wildman–Crippen MR) is 58.3 cm³/mol. The Balaban J connectivity index is 2.03. The molecule has 1 aromatic rings. The molecule has 0 aromatic carbocycles. The maximum absolute atomic E-state index is 12.0. The Kier molecular flexibility index (Phi) is 3.64. The van der Waals surface area contributed by atoms with Gasteiger partial charge in [0.25, 0.3) is 5.91 Å². The number of rotatable bonds is 3. The van der Waals surface area contributed by atoms with Gasteiger partial charge in [0.1, 0.15) is 5.76 Å². The second-order valence-corrected chi connectivity index (χ2v) is 3.56. The monoisotopic (exact) mass is 236 g/mol. The van der Waals surface area contributed by atoms with E-state index in [-0.39, 0.29) is 18.2 Å². The van der Waals surface area contributed by atoms with Gasteiger partial charge in [-0.25, -0.2) is 0 Å². The third-order valence-electron chi connectivity index (χ3n) is 2.46. The highest BCUT2D eigenvalue weighted by Gasteiger charge is 2.21. The molecule has 0 aliphatic carbocycles. The first-order valence-corrected chi connectivity index (χ1v) is 5.28. The fourth-order valence-corrected chi connectivity index (χ4v) is 1.60. The lowest BCUT2D eigenvalue weighted by atomic mass is 10.3. The van der Waals surface area contributed by atoms with Crippen molar-refractivity contribution in [3.05, 3.63) is 34.1 Å². The molecular formula is C10H12N4O3. The number of morpholine rings is 1. The van der Waals surface area contributed by atoms with Crippen molar-refractivity contribution in [2.24, 2.45) is 5.11 Å². The Hall–Kier alpha value is -1.98. The van der Waals surface area contributed by atoms with Crippen LogP contribution in [0.25, 0.3) is 10.4 Å². The first kappa shape index (κ1) is 11.5. The van der Waals surface area contributed by atoms with Crippen LogP contribution in [0.15, 0.2) is 21.7 Å². The first-order chi connectivity index (χ1) is 8.31. The Bertz CT molecular complexity index is 444. The standard InChI is InChI=1S/C10H12N4O3/c11-13-12-7-8-1-2-9(17-8)10(15)14-3-5-16-6-4-14/h1-2H,3-7H2. The maximum atomic E-state index is 12.0. The molecule has 90 valence electrons. The molecule has 0 saturated carbocycles. The topological polar surface area (TPSA) is 91.4 Å². The molecule has 1 aromatic heterocycles. The number of nitrogens with zero attached hydrogens (tertiary/aromatic N) is 4. The van der Waals surface area contributed by atoms with E-state index in [0.717, 1.165) is 0 Å². The Morgan fingerprint density at radius 1 is 1.47 bits per heavy atom. The summed E-state index contributed by atoms with van der Waals surface area (Å²) < 4.78 is 10.5. The van der Waals surface area contributed by atoms with Crippen LogP contribution in [0.4, 0.5) is 0 Å². The Morgan fingerprint density at radius 2 is 2.24 bits per heavy atom. The van der Waals surface area contributed by atoms with E-state index in [2.05, 4.69) is 10.0 Å². The molecule has 0 atom stereocenters. The maximum Gasteiger partial charge on any atom is 0.289 e. The average molecular weight is 236 g/mol. The van der Waals surface area contributed by atoms with Gasteiger partial charge in [-0.15, -0.1) is 0 Å². The summed E-state index contributed by atoms with van der Waals surface area (Å²) in [5.41, 5.74) is 8.18. The number of ether oxygens (including phenoxy) is 1. The van der Waals surface area contributed by atoms with E-state index in [4.69, 9.17) is 14.7 Å². The highest BCUT2D eigenvalue weighted by Crippen LogP contribution is 2.12. The zero-order valence-corrected chi connectivity index (χ0v) is 9.20. The Labute approximate surface area is 97.6 Å². The molecule has 1 fully saturated rings. The van der Waals surface area contributed by atoms with Crippen molar-refractivity contribution < 1.29 is 13.9 Å². The fourth-order valence-electron chi connectivity index (χ4n) is 1.60. The fraction of sp³-hybridized carbons (Fsp3) is 0.500. The van der Waals surface area contributed by atoms with Crippen LogP contribution in [0, 0.1) is 0 Å². The Morgan fingerprint density at radius 3 is 2.94 bits per heavy atom. The van der Waals surface area contributed by atoms with Crippen LogP contribution in [-0.4, -0.2) is 37.1 Å². The number of furan rings is 1. The zero-order valence-electron chi connectivity index (χ0n) is 9.20. The summed E-state index contributed by atoms with van der Waals surface area (Å²) in [7, 11) is 0. The van der Waals surface area contributed by atoms with Gasteiger partial charge in [0.2, 0.25) is 0 Å². The minimum atomic E-state index is -0.152. The number of hydrogen-bond donors (Lipinski definition) is 0. The first-order valence-electron chi connectivity index (χ1n) is 5.28. The number of hydrogen-bond acceptors (Lipinski definition) is 4. The average Bonchev–Trinajstić information content (AvgIpc) is 2.85. The molecule has 7 heteroatoms. The van der Waals surface area contributed by atoms with Gasteiger partial charge in [-0.05, 0) is 17.7 Å². The second-order valence-electron chi connectivity index (χ2n) is 3.56. The summed E-state index contributed by atoms with van der Waals surface area (Å²) >= 11 is 0. The summed E-state index contributed by atoms with van der Waals surface area (Å²) in [6.07, 6.45) is 0. The molecule has 0 bridgehead atoms. The molecule has 1 amide bonds. The van der Waals surface area contributed by atoms with Gasteiger partial charge in [0.05, 0.1) is 19.8 Å². The molecule has 1 aliphatic heterocycles. The van der Waals surface area contributed by atoms with Crippen molar-refractivity contribution in [1.82, 2.24) is 4.90 Å². The molecule has 7 nitrogen and oxygen atoms in total. The lowest BCUT2D eigenvalue weighted by molar-refractivity contribution is 0.0282. The predicted octanol–water partition coefficient (Wildman–Crippen LogP) is 1.56. The quantitative estimate of drug-likeness (QED) is 0.453. The van der Waals surface area contributed by atoms with Gasteiger partial charge < -0.3 is 14.1 Å². The third-order valence-corrected chi connectivity index (χ3v) is 2.46. The van der Waals surface area contributed by atoms with E-state index >= 15 is 0 Å². The van der Waals surface area contributed by atoms with Gasteiger partial charge in [-0.2, -0.15) is 0 Å². The number of azide groups is 1. The van der Waals surface area contributed by atoms with Crippen LogP contribution in [-0.2, 0) is 11.3 Å². The largest absolute Gasteiger partial charge is 0.456 e. The molecule has 1 saturated heterocycles. The summed E-state index contributed by atoms with van der Waals surface area (Å²) in [4.78, 5) is 16.3. The second kappa shape index (κ2) is 5.38. The molecule has 2 rings (SSSR count). The van der Waals surface area contributed by atoms with Crippen molar-refractivity contribution in [2.45, 2.75) is 6.54 Å². The summed E-state index contributed by atoms with van der Waals surface area (Å²) in [5.74, 6) is 0.606. The molecule has 2 heterocycles. The van der Waals surface area contributed by atoms with Gasteiger partial charge in [0.15, 0.2) is 5.76 Å².